The Kier molecular flexibility index (Phi) is 8.75. The molecule has 0 saturated heterocycles. The molecule has 0 saturated carbocycles. The topological polar surface area (TPSA) is 72.5 Å². The second kappa shape index (κ2) is 11.3. The quantitative estimate of drug-likeness (QED) is 0.295. The van der Waals surface area contributed by atoms with E-state index >= 15 is 0 Å². The van der Waals surface area contributed by atoms with Crippen molar-refractivity contribution in [2.24, 2.45) is 0 Å². The highest BCUT2D eigenvalue weighted by Crippen LogP contribution is 2.41. The Labute approximate surface area is 183 Å². The van der Waals surface area contributed by atoms with Crippen molar-refractivity contribution in [2.45, 2.75) is 32.5 Å². The van der Waals surface area contributed by atoms with Crippen LogP contribution in [0.15, 0.2) is 43.0 Å². The summed E-state index contributed by atoms with van der Waals surface area (Å²) >= 11 is 0. The molecule has 0 radical (unpaired) electrons. The highest BCUT2D eigenvalue weighted by Gasteiger charge is 2.25. The lowest BCUT2D eigenvalue weighted by molar-refractivity contribution is -0.132. The summed E-state index contributed by atoms with van der Waals surface area (Å²) in [6.45, 7) is 7.00. The fraction of sp³-hybridized carbons (Fsp3) is 0.375. The SMILES string of the molecule is C=CCc1cc(OC)c(O[C@H](C)[C@H](OC)c2ccc(OC(C)=O)c(OC)c2)c(OC)c1. The standard InChI is InChI=1S/C24H30O7/c1-8-9-17-12-21(27-5)24(22(13-17)28-6)30-15(2)23(29-7)18-10-11-19(31-16(3)25)20(14-18)26-4/h8,10-15,23H,1,9H2,2-7H3/t15-,23+/m1/s1. The molecule has 0 aliphatic heterocycles. The summed E-state index contributed by atoms with van der Waals surface area (Å²) in [7, 11) is 6.26. The summed E-state index contributed by atoms with van der Waals surface area (Å²) in [4.78, 5) is 11.3. The van der Waals surface area contributed by atoms with Crippen LogP contribution in [-0.4, -0.2) is 40.5 Å². The van der Waals surface area contributed by atoms with Gasteiger partial charge in [0, 0.05) is 14.0 Å². The number of allylic oxidation sites excluding steroid dienone is 1. The lowest BCUT2D eigenvalue weighted by atomic mass is 10.0. The van der Waals surface area contributed by atoms with E-state index in [-0.39, 0.29) is 0 Å². The summed E-state index contributed by atoms with van der Waals surface area (Å²) in [6, 6.07) is 9.01. The van der Waals surface area contributed by atoms with Crippen LogP contribution >= 0.6 is 0 Å². The number of benzene rings is 2. The Morgan fingerprint density at radius 1 is 0.968 bits per heavy atom. The van der Waals surface area contributed by atoms with Crippen molar-refractivity contribution in [1.29, 1.82) is 0 Å². The van der Waals surface area contributed by atoms with E-state index in [4.69, 9.17) is 28.4 Å². The van der Waals surface area contributed by atoms with E-state index in [1.54, 1.807) is 39.5 Å². The molecule has 0 heterocycles. The van der Waals surface area contributed by atoms with E-state index in [0.717, 1.165) is 11.1 Å². The van der Waals surface area contributed by atoms with Gasteiger partial charge in [0.05, 0.1) is 21.3 Å². The first kappa shape index (κ1) is 24.1. The maximum Gasteiger partial charge on any atom is 0.308 e. The Morgan fingerprint density at radius 3 is 2.06 bits per heavy atom. The van der Waals surface area contributed by atoms with Gasteiger partial charge in [0.2, 0.25) is 5.75 Å². The van der Waals surface area contributed by atoms with Gasteiger partial charge in [0.1, 0.15) is 12.2 Å². The molecule has 0 aliphatic rings. The number of hydrogen-bond donors (Lipinski definition) is 0. The summed E-state index contributed by atoms with van der Waals surface area (Å²) in [5.74, 6) is 1.93. The molecule has 0 fully saturated rings. The predicted molar refractivity (Wildman–Crippen MR) is 118 cm³/mol. The smallest absolute Gasteiger partial charge is 0.308 e. The van der Waals surface area contributed by atoms with Crippen molar-refractivity contribution in [3.63, 3.8) is 0 Å². The fourth-order valence-electron chi connectivity index (χ4n) is 3.28. The van der Waals surface area contributed by atoms with Gasteiger partial charge >= 0.3 is 5.97 Å². The molecule has 0 aliphatic carbocycles. The number of esters is 1. The Hall–Kier alpha value is -3.19. The van der Waals surface area contributed by atoms with E-state index in [2.05, 4.69) is 6.58 Å². The van der Waals surface area contributed by atoms with Crippen LogP contribution in [0.2, 0.25) is 0 Å². The zero-order chi connectivity index (χ0) is 23.0. The second-order valence-corrected chi connectivity index (χ2v) is 6.81. The van der Waals surface area contributed by atoms with Crippen LogP contribution in [0.4, 0.5) is 0 Å². The summed E-state index contributed by atoms with van der Waals surface area (Å²) in [5.41, 5.74) is 1.79. The van der Waals surface area contributed by atoms with Crippen LogP contribution < -0.4 is 23.7 Å². The molecule has 0 N–H and O–H groups in total. The lowest BCUT2D eigenvalue weighted by Crippen LogP contribution is -2.24. The van der Waals surface area contributed by atoms with Gasteiger partial charge in [-0.1, -0.05) is 12.1 Å². The summed E-state index contributed by atoms with van der Waals surface area (Å²) < 4.78 is 33.6. The van der Waals surface area contributed by atoms with Crippen LogP contribution in [0.3, 0.4) is 0 Å². The zero-order valence-corrected chi connectivity index (χ0v) is 18.9. The van der Waals surface area contributed by atoms with Crippen LogP contribution in [0.25, 0.3) is 0 Å². The first-order valence-corrected chi connectivity index (χ1v) is 9.80. The Balaban J connectivity index is 2.36. The van der Waals surface area contributed by atoms with E-state index < -0.39 is 18.2 Å². The molecule has 2 aromatic carbocycles. The van der Waals surface area contributed by atoms with Gasteiger partial charge in [0.15, 0.2) is 23.0 Å². The van der Waals surface area contributed by atoms with E-state index in [0.29, 0.717) is 35.2 Å². The molecule has 2 atom stereocenters. The van der Waals surface area contributed by atoms with Crippen molar-refractivity contribution < 1.29 is 33.2 Å². The molecular weight excluding hydrogens is 400 g/mol. The van der Waals surface area contributed by atoms with E-state index in [1.165, 1.54) is 14.0 Å². The summed E-state index contributed by atoms with van der Waals surface area (Å²) in [6.07, 6.45) is 1.63. The van der Waals surface area contributed by atoms with Gasteiger partial charge in [-0.15, -0.1) is 6.58 Å². The normalized spacial score (nSPS) is 12.5. The fourth-order valence-corrected chi connectivity index (χ4v) is 3.28. The first-order valence-electron chi connectivity index (χ1n) is 9.80. The third kappa shape index (κ3) is 5.92. The average molecular weight is 430 g/mol. The number of carbonyl (C=O) groups is 1. The van der Waals surface area contributed by atoms with Gasteiger partial charge in [-0.05, 0) is 48.7 Å². The molecule has 7 nitrogen and oxygen atoms in total. The Morgan fingerprint density at radius 2 is 1.58 bits per heavy atom. The van der Waals surface area contributed by atoms with Crippen LogP contribution in [-0.2, 0) is 16.0 Å². The third-order valence-electron chi connectivity index (χ3n) is 4.65. The molecule has 0 unspecified atom stereocenters. The number of hydrogen-bond acceptors (Lipinski definition) is 7. The second-order valence-electron chi connectivity index (χ2n) is 6.81. The summed E-state index contributed by atoms with van der Waals surface area (Å²) in [5, 5.41) is 0. The largest absolute Gasteiger partial charge is 0.493 e. The maximum atomic E-state index is 11.3. The highest BCUT2D eigenvalue weighted by molar-refractivity contribution is 5.70. The van der Waals surface area contributed by atoms with Gasteiger partial charge in [-0.3, -0.25) is 4.79 Å². The van der Waals surface area contributed by atoms with Crippen molar-refractivity contribution in [1.82, 2.24) is 0 Å². The van der Waals surface area contributed by atoms with Crippen LogP contribution in [0.5, 0.6) is 28.7 Å². The molecule has 168 valence electrons. The number of carbonyl (C=O) groups excluding carboxylic acids is 1. The molecule has 0 amide bonds. The molecule has 2 aromatic rings. The molecule has 7 heteroatoms. The molecular formula is C24H30O7. The zero-order valence-electron chi connectivity index (χ0n) is 18.9. The third-order valence-corrected chi connectivity index (χ3v) is 4.65. The van der Waals surface area contributed by atoms with Crippen molar-refractivity contribution in [3.05, 3.63) is 54.1 Å². The maximum absolute atomic E-state index is 11.3. The van der Waals surface area contributed by atoms with Crippen molar-refractivity contribution in [3.8, 4) is 28.7 Å². The monoisotopic (exact) mass is 430 g/mol. The molecule has 0 bridgehead atoms. The lowest BCUT2D eigenvalue weighted by Gasteiger charge is -2.26. The minimum absolute atomic E-state index is 0.336. The average Bonchev–Trinajstić information content (AvgIpc) is 2.75. The highest BCUT2D eigenvalue weighted by atomic mass is 16.6. The molecule has 0 spiro atoms. The van der Waals surface area contributed by atoms with E-state index in [1.807, 2.05) is 25.1 Å². The van der Waals surface area contributed by atoms with Crippen LogP contribution in [0.1, 0.15) is 31.1 Å². The predicted octanol–water partition coefficient (Wildman–Crippen LogP) is 4.52. The number of ether oxygens (including phenoxy) is 6. The minimum Gasteiger partial charge on any atom is -0.493 e. The van der Waals surface area contributed by atoms with Crippen molar-refractivity contribution in [2.75, 3.05) is 28.4 Å². The number of rotatable bonds is 11. The molecule has 0 aromatic heterocycles. The Bertz CT molecular complexity index is 882. The number of methoxy groups -OCH3 is 4. The van der Waals surface area contributed by atoms with Crippen molar-refractivity contribution >= 4 is 5.97 Å². The van der Waals surface area contributed by atoms with Crippen LogP contribution in [0, 0.1) is 0 Å². The molecule has 31 heavy (non-hydrogen) atoms. The van der Waals surface area contributed by atoms with Gasteiger partial charge in [0.25, 0.3) is 0 Å². The first-order chi connectivity index (χ1) is 14.9. The van der Waals surface area contributed by atoms with E-state index in [9.17, 15) is 4.79 Å². The minimum atomic E-state index is -0.442. The van der Waals surface area contributed by atoms with Gasteiger partial charge < -0.3 is 28.4 Å². The van der Waals surface area contributed by atoms with Gasteiger partial charge in [-0.25, -0.2) is 0 Å². The molecule has 2 rings (SSSR count). The van der Waals surface area contributed by atoms with Gasteiger partial charge in [-0.2, -0.15) is 0 Å².